The summed E-state index contributed by atoms with van der Waals surface area (Å²) in [5.41, 5.74) is 1.22. The molecule has 0 amide bonds. The van der Waals surface area contributed by atoms with Crippen molar-refractivity contribution >= 4 is 23.3 Å². The zero-order chi connectivity index (χ0) is 19.4. The van der Waals surface area contributed by atoms with Crippen LogP contribution in [0.4, 0.5) is 13.2 Å². The molecule has 0 saturated carbocycles. The molecule has 144 valence electrons. The van der Waals surface area contributed by atoms with E-state index < -0.39 is 17.1 Å². The summed E-state index contributed by atoms with van der Waals surface area (Å²) < 4.78 is 38.6. The van der Waals surface area contributed by atoms with E-state index in [2.05, 4.69) is 30.4 Å². The SMILES string of the molecule is C[C@@H](NCCC(Cl)c1cccc(C(F)(F)F)c1)C1=c2ccccc2=CCC1. The molecule has 0 fully saturated rings. The minimum absolute atomic E-state index is 0.199. The molecule has 0 spiro atoms. The van der Waals surface area contributed by atoms with Gasteiger partial charge in [0.1, 0.15) is 0 Å². The number of hydrogen-bond donors (Lipinski definition) is 1. The minimum atomic E-state index is -4.35. The predicted octanol–water partition coefficient (Wildman–Crippen LogP) is 4.78. The van der Waals surface area contributed by atoms with E-state index in [4.69, 9.17) is 11.6 Å². The lowest BCUT2D eigenvalue weighted by Crippen LogP contribution is -2.38. The summed E-state index contributed by atoms with van der Waals surface area (Å²) in [6.07, 6.45) is 0.521. The van der Waals surface area contributed by atoms with Gasteiger partial charge in [0.2, 0.25) is 0 Å². The zero-order valence-electron chi connectivity index (χ0n) is 15.2. The molecular formula is C22H23ClF3N. The lowest BCUT2D eigenvalue weighted by molar-refractivity contribution is -0.137. The minimum Gasteiger partial charge on any atom is -0.310 e. The van der Waals surface area contributed by atoms with Gasteiger partial charge in [0.05, 0.1) is 10.9 Å². The first-order chi connectivity index (χ1) is 12.9. The number of benzene rings is 2. The maximum absolute atomic E-state index is 12.9. The van der Waals surface area contributed by atoms with Gasteiger partial charge in [0.15, 0.2) is 0 Å². The Morgan fingerprint density at radius 3 is 2.67 bits per heavy atom. The average molecular weight is 394 g/mol. The summed E-state index contributed by atoms with van der Waals surface area (Å²) in [6.45, 7) is 2.77. The zero-order valence-corrected chi connectivity index (χ0v) is 15.9. The standard InChI is InChI=1S/C22H23ClF3N/c1-15(19-11-5-7-16-6-2-3-10-20(16)19)27-13-12-21(23)17-8-4-9-18(14-17)22(24,25)26/h2-4,6-10,14-15,21,27H,5,11-13H2,1H3/t15-,21?/m1/s1. The van der Waals surface area contributed by atoms with Gasteiger partial charge in [-0.15, -0.1) is 11.6 Å². The highest BCUT2D eigenvalue weighted by atomic mass is 35.5. The summed E-state index contributed by atoms with van der Waals surface area (Å²) >= 11 is 6.36. The van der Waals surface area contributed by atoms with Crippen LogP contribution in [-0.2, 0) is 6.18 Å². The van der Waals surface area contributed by atoms with Crippen LogP contribution in [0.3, 0.4) is 0 Å². The molecule has 0 radical (unpaired) electrons. The quantitative estimate of drug-likeness (QED) is 0.696. The molecule has 1 N–H and O–H groups in total. The molecule has 0 aromatic heterocycles. The lowest BCUT2D eigenvalue weighted by Gasteiger charge is -2.21. The Balaban J connectivity index is 1.63. The Hall–Kier alpha value is -1.78. The second-order valence-electron chi connectivity index (χ2n) is 6.91. The van der Waals surface area contributed by atoms with E-state index in [0.29, 0.717) is 18.5 Å². The molecule has 0 saturated heterocycles. The summed E-state index contributed by atoms with van der Waals surface area (Å²) in [4.78, 5) is 0. The van der Waals surface area contributed by atoms with E-state index in [-0.39, 0.29) is 6.04 Å². The fourth-order valence-electron chi connectivity index (χ4n) is 3.56. The number of fused-ring (bicyclic) bond motifs is 1. The molecule has 3 rings (SSSR count). The number of rotatable bonds is 6. The maximum atomic E-state index is 12.9. The molecule has 0 aliphatic heterocycles. The first-order valence-corrected chi connectivity index (χ1v) is 9.63. The van der Waals surface area contributed by atoms with Crippen molar-refractivity contribution in [3.8, 4) is 0 Å². The van der Waals surface area contributed by atoms with Crippen molar-refractivity contribution in [3.05, 3.63) is 70.1 Å². The van der Waals surface area contributed by atoms with Crippen LogP contribution in [0, 0.1) is 0 Å². The fraction of sp³-hybridized carbons (Fsp3) is 0.364. The first-order valence-electron chi connectivity index (χ1n) is 9.19. The van der Waals surface area contributed by atoms with Crippen LogP contribution >= 0.6 is 11.6 Å². The van der Waals surface area contributed by atoms with E-state index in [1.54, 1.807) is 6.07 Å². The van der Waals surface area contributed by atoms with Gasteiger partial charge in [-0.1, -0.05) is 48.5 Å². The van der Waals surface area contributed by atoms with Crippen LogP contribution in [0.1, 0.15) is 42.7 Å². The number of nitrogens with one attached hydrogen (secondary N) is 1. The van der Waals surface area contributed by atoms with Gasteiger partial charge in [-0.05, 0) is 60.4 Å². The van der Waals surface area contributed by atoms with Crippen LogP contribution in [0.15, 0.2) is 48.5 Å². The highest BCUT2D eigenvalue weighted by Crippen LogP contribution is 2.32. The maximum Gasteiger partial charge on any atom is 0.416 e. The molecule has 1 aliphatic rings. The fourth-order valence-corrected chi connectivity index (χ4v) is 3.81. The van der Waals surface area contributed by atoms with Crippen molar-refractivity contribution < 1.29 is 13.2 Å². The molecule has 0 heterocycles. The molecule has 2 aromatic carbocycles. The largest absolute Gasteiger partial charge is 0.416 e. The Bertz CT molecular complexity index is 904. The van der Waals surface area contributed by atoms with Crippen LogP contribution in [0.25, 0.3) is 11.6 Å². The lowest BCUT2D eigenvalue weighted by atomic mass is 9.94. The van der Waals surface area contributed by atoms with Crippen molar-refractivity contribution in [2.24, 2.45) is 0 Å². The third kappa shape index (κ3) is 4.94. The van der Waals surface area contributed by atoms with Gasteiger partial charge in [0.25, 0.3) is 0 Å². The Morgan fingerprint density at radius 2 is 1.89 bits per heavy atom. The Kier molecular flexibility index (Phi) is 6.28. The Labute approximate surface area is 162 Å². The van der Waals surface area contributed by atoms with Crippen molar-refractivity contribution in [3.63, 3.8) is 0 Å². The summed E-state index contributed by atoms with van der Waals surface area (Å²) in [7, 11) is 0. The second-order valence-corrected chi connectivity index (χ2v) is 7.44. The van der Waals surface area contributed by atoms with Crippen molar-refractivity contribution in [2.45, 2.75) is 43.8 Å². The van der Waals surface area contributed by atoms with Gasteiger partial charge in [-0.25, -0.2) is 0 Å². The topological polar surface area (TPSA) is 12.0 Å². The molecule has 5 heteroatoms. The van der Waals surface area contributed by atoms with Crippen LogP contribution in [0.5, 0.6) is 0 Å². The number of halogens is 4. The molecule has 1 nitrogen and oxygen atoms in total. The van der Waals surface area contributed by atoms with Crippen molar-refractivity contribution in [1.82, 2.24) is 5.32 Å². The molecule has 27 heavy (non-hydrogen) atoms. The molecular weight excluding hydrogens is 371 g/mol. The first kappa shape index (κ1) is 20.0. The van der Waals surface area contributed by atoms with E-state index in [9.17, 15) is 13.2 Å². The monoisotopic (exact) mass is 393 g/mol. The van der Waals surface area contributed by atoms with Gasteiger partial charge in [-0.3, -0.25) is 0 Å². The average Bonchev–Trinajstić information content (AvgIpc) is 2.66. The van der Waals surface area contributed by atoms with E-state index in [1.165, 1.54) is 22.1 Å². The summed E-state index contributed by atoms with van der Waals surface area (Å²) in [5.74, 6) is 0. The second kappa shape index (κ2) is 8.49. The van der Waals surface area contributed by atoms with E-state index >= 15 is 0 Å². The third-order valence-electron chi connectivity index (χ3n) is 5.03. The van der Waals surface area contributed by atoms with Gasteiger partial charge < -0.3 is 5.32 Å². The third-order valence-corrected chi connectivity index (χ3v) is 5.50. The highest BCUT2D eigenvalue weighted by molar-refractivity contribution is 6.20. The highest BCUT2D eigenvalue weighted by Gasteiger charge is 2.30. The van der Waals surface area contributed by atoms with Crippen molar-refractivity contribution in [1.29, 1.82) is 0 Å². The van der Waals surface area contributed by atoms with Crippen LogP contribution < -0.4 is 15.8 Å². The van der Waals surface area contributed by atoms with E-state index in [1.807, 2.05) is 12.1 Å². The molecule has 1 unspecified atom stereocenters. The normalized spacial score (nSPS) is 16.4. The summed E-state index contributed by atoms with van der Waals surface area (Å²) in [6, 6.07) is 13.8. The van der Waals surface area contributed by atoms with Crippen molar-refractivity contribution in [2.75, 3.05) is 6.54 Å². The van der Waals surface area contributed by atoms with Gasteiger partial charge in [-0.2, -0.15) is 13.2 Å². The molecule has 2 atom stereocenters. The summed E-state index contributed by atoms with van der Waals surface area (Å²) in [5, 5.41) is 5.58. The molecule has 0 bridgehead atoms. The van der Waals surface area contributed by atoms with Gasteiger partial charge in [0, 0.05) is 6.04 Å². The Morgan fingerprint density at radius 1 is 1.11 bits per heavy atom. The van der Waals surface area contributed by atoms with Crippen LogP contribution in [0.2, 0.25) is 0 Å². The predicted molar refractivity (Wildman–Crippen MR) is 105 cm³/mol. The van der Waals surface area contributed by atoms with Gasteiger partial charge >= 0.3 is 6.18 Å². The molecule has 1 aliphatic carbocycles. The number of hydrogen-bond acceptors (Lipinski definition) is 1. The smallest absolute Gasteiger partial charge is 0.310 e. The van der Waals surface area contributed by atoms with E-state index in [0.717, 1.165) is 25.0 Å². The van der Waals surface area contributed by atoms with Crippen LogP contribution in [-0.4, -0.2) is 12.6 Å². The number of alkyl halides is 4. The molecule has 2 aromatic rings.